The summed E-state index contributed by atoms with van der Waals surface area (Å²) in [6, 6.07) is 6.68. The number of likely N-dealkylation sites (N-methyl/N-ethyl adjacent to an activating group) is 2. The van der Waals surface area contributed by atoms with Gasteiger partial charge in [-0.15, -0.1) is 0 Å². The monoisotopic (exact) mass is 311 g/mol. The van der Waals surface area contributed by atoms with Gasteiger partial charge in [-0.2, -0.15) is 0 Å². The molecule has 0 amide bonds. The minimum atomic E-state index is 0.452. The second-order valence-electron chi connectivity index (χ2n) is 5.85. The third kappa shape index (κ3) is 5.85. The van der Waals surface area contributed by atoms with E-state index >= 15 is 0 Å². The summed E-state index contributed by atoms with van der Waals surface area (Å²) in [6.07, 6.45) is 1.15. The lowest BCUT2D eigenvalue weighted by Crippen LogP contribution is -2.40. The van der Waals surface area contributed by atoms with E-state index in [-0.39, 0.29) is 0 Å². The van der Waals surface area contributed by atoms with Crippen LogP contribution in [0.25, 0.3) is 0 Å². The fourth-order valence-corrected chi connectivity index (χ4v) is 2.87. The topological polar surface area (TPSA) is 18.5 Å². The Morgan fingerprint density at radius 1 is 1.24 bits per heavy atom. The summed E-state index contributed by atoms with van der Waals surface area (Å²) in [4.78, 5) is 4.67. The second kappa shape index (κ2) is 9.29. The van der Waals surface area contributed by atoms with Crippen molar-refractivity contribution < 1.29 is 0 Å². The first-order valence-corrected chi connectivity index (χ1v) is 8.27. The summed E-state index contributed by atoms with van der Waals surface area (Å²) in [5, 5.41) is 4.30. The van der Waals surface area contributed by atoms with Crippen LogP contribution < -0.4 is 10.2 Å². The van der Waals surface area contributed by atoms with Crippen molar-refractivity contribution in [2.75, 3.05) is 38.6 Å². The fourth-order valence-electron chi connectivity index (χ4n) is 2.70. The molecule has 1 aromatic rings. The highest BCUT2D eigenvalue weighted by molar-refractivity contribution is 6.30. The van der Waals surface area contributed by atoms with Gasteiger partial charge < -0.3 is 15.1 Å². The van der Waals surface area contributed by atoms with Crippen molar-refractivity contribution in [3.05, 3.63) is 28.8 Å². The zero-order chi connectivity index (χ0) is 15.8. The second-order valence-corrected chi connectivity index (χ2v) is 6.28. The van der Waals surface area contributed by atoms with E-state index in [1.165, 1.54) is 11.3 Å². The van der Waals surface area contributed by atoms with Gasteiger partial charge in [-0.1, -0.05) is 24.6 Å². The molecule has 0 radical (unpaired) electrons. The van der Waals surface area contributed by atoms with Crippen LogP contribution >= 0.6 is 11.6 Å². The van der Waals surface area contributed by atoms with Crippen LogP contribution in [0, 0.1) is 0 Å². The first kappa shape index (κ1) is 18.3. The number of nitrogens with one attached hydrogen (secondary N) is 1. The molecule has 0 fully saturated rings. The van der Waals surface area contributed by atoms with Crippen molar-refractivity contribution in [3.8, 4) is 0 Å². The lowest BCUT2D eigenvalue weighted by molar-refractivity contribution is 0.372. The zero-order valence-electron chi connectivity index (χ0n) is 14.1. The van der Waals surface area contributed by atoms with E-state index in [0.29, 0.717) is 6.04 Å². The van der Waals surface area contributed by atoms with Crippen LogP contribution in [0.5, 0.6) is 0 Å². The van der Waals surface area contributed by atoms with Gasteiger partial charge in [-0.3, -0.25) is 0 Å². The maximum absolute atomic E-state index is 6.23. The van der Waals surface area contributed by atoms with Crippen LogP contribution in [0.4, 0.5) is 5.69 Å². The van der Waals surface area contributed by atoms with E-state index in [4.69, 9.17) is 11.6 Å². The van der Waals surface area contributed by atoms with Crippen molar-refractivity contribution >= 4 is 17.3 Å². The van der Waals surface area contributed by atoms with Crippen LogP contribution in [-0.4, -0.2) is 44.7 Å². The highest BCUT2D eigenvalue weighted by Crippen LogP contribution is 2.26. The molecule has 0 aromatic heterocycles. The Morgan fingerprint density at radius 3 is 2.52 bits per heavy atom. The maximum atomic E-state index is 6.23. The van der Waals surface area contributed by atoms with Crippen LogP contribution in [0.15, 0.2) is 18.2 Å². The molecular formula is C17H30ClN3. The molecule has 3 nitrogen and oxygen atoms in total. The smallest absolute Gasteiger partial charge is 0.0429 e. The number of hydrogen-bond acceptors (Lipinski definition) is 3. The minimum Gasteiger partial charge on any atom is -0.368 e. The summed E-state index contributed by atoms with van der Waals surface area (Å²) in [6.45, 7) is 10.6. The molecule has 21 heavy (non-hydrogen) atoms. The predicted molar refractivity (Wildman–Crippen MR) is 94.5 cm³/mol. The molecule has 0 saturated heterocycles. The molecular weight excluding hydrogens is 282 g/mol. The first-order chi connectivity index (χ1) is 9.99. The van der Waals surface area contributed by atoms with Crippen molar-refractivity contribution in [1.82, 2.24) is 10.2 Å². The molecule has 0 aliphatic rings. The summed E-state index contributed by atoms with van der Waals surface area (Å²) < 4.78 is 0. The largest absolute Gasteiger partial charge is 0.368 e. The van der Waals surface area contributed by atoms with Gasteiger partial charge >= 0.3 is 0 Å². The highest BCUT2D eigenvalue weighted by Gasteiger charge is 2.17. The quantitative estimate of drug-likeness (QED) is 0.703. The summed E-state index contributed by atoms with van der Waals surface area (Å²) in [5.41, 5.74) is 2.57. The van der Waals surface area contributed by atoms with Crippen LogP contribution in [0.3, 0.4) is 0 Å². The number of benzene rings is 1. The Bertz CT molecular complexity index is 420. The maximum Gasteiger partial charge on any atom is 0.0429 e. The number of anilines is 1. The summed E-state index contributed by atoms with van der Waals surface area (Å²) >= 11 is 6.23. The Hall–Kier alpha value is -0.770. The SMILES string of the molecule is CCCNCc1ccc(Cl)cc1N(CC)C(C)CN(C)C. The Kier molecular flexibility index (Phi) is 8.09. The van der Waals surface area contributed by atoms with Gasteiger partial charge in [0.1, 0.15) is 0 Å². The van der Waals surface area contributed by atoms with Gasteiger partial charge in [-0.05, 0) is 58.6 Å². The Labute approximate surface area is 135 Å². The first-order valence-electron chi connectivity index (χ1n) is 7.90. The van der Waals surface area contributed by atoms with E-state index in [2.05, 4.69) is 62.1 Å². The lowest BCUT2D eigenvalue weighted by Gasteiger charge is -2.33. The zero-order valence-corrected chi connectivity index (χ0v) is 14.9. The Balaban J connectivity index is 2.97. The molecule has 0 heterocycles. The lowest BCUT2D eigenvalue weighted by atomic mass is 10.1. The van der Waals surface area contributed by atoms with Gasteiger partial charge in [0.15, 0.2) is 0 Å². The molecule has 0 spiro atoms. The standard InChI is InChI=1S/C17H30ClN3/c1-6-10-19-12-15-8-9-16(18)11-17(15)21(7-2)14(3)13-20(4)5/h8-9,11,14,19H,6-7,10,12-13H2,1-5H3. The number of hydrogen-bond donors (Lipinski definition) is 1. The molecule has 0 aliphatic carbocycles. The average Bonchev–Trinajstić information content (AvgIpc) is 2.41. The highest BCUT2D eigenvalue weighted by atomic mass is 35.5. The van der Waals surface area contributed by atoms with Gasteiger partial charge in [0.05, 0.1) is 0 Å². The van der Waals surface area contributed by atoms with E-state index in [9.17, 15) is 0 Å². The van der Waals surface area contributed by atoms with Crippen molar-refractivity contribution in [3.63, 3.8) is 0 Å². The third-order valence-electron chi connectivity index (χ3n) is 3.60. The van der Waals surface area contributed by atoms with E-state index in [0.717, 1.165) is 37.6 Å². The molecule has 0 aliphatic heterocycles. The van der Waals surface area contributed by atoms with Crippen molar-refractivity contribution in [1.29, 1.82) is 0 Å². The van der Waals surface area contributed by atoms with Crippen LogP contribution in [0.2, 0.25) is 5.02 Å². The molecule has 1 N–H and O–H groups in total. The van der Waals surface area contributed by atoms with Gasteiger partial charge in [0.25, 0.3) is 0 Å². The van der Waals surface area contributed by atoms with Crippen LogP contribution in [-0.2, 0) is 6.54 Å². The minimum absolute atomic E-state index is 0.452. The molecule has 1 atom stereocenters. The fraction of sp³-hybridized carbons (Fsp3) is 0.647. The summed E-state index contributed by atoms with van der Waals surface area (Å²) in [7, 11) is 4.23. The van der Waals surface area contributed by atoms with Gasteiger partial charge in [0, 0.05) is 36.4 Å². The van der Waals surface area contributed by atoms with Crippen molar-refractivity contribution in [2.24, 2.45) is 0 Å². The third-order valence-corrected chi connectivity index (χ3v) is 3.84. The van der Waals surface area contributed by atoms with Gasteiger partial charge in [-0.25, -0.2) is 0 Å². The molecule has 120 valence electrons. The molecule has 1 rings (SSSR count). The van der Waals surface area contributed by atoms with Crippen LogP contribution in [0.1, 0.15) is 32.8 Å². The summed E-state index contributed by atoms with van der Waals surface area (Å²) in [5.74, 6) is 0. The van der Waals surface area contributed by atoms with Crippen molar-refractivity contribution in [2.45, 2.75) is 39.8 Å². The number of halogens is 1. The van der Waals surface area contributed by atoms with E-state index in [1.54, 1.807) is 0 Å². The van der Waals surface area contributed by atoms with E-state index < -0.39 is 0 Å². The molecule has 0 saturated carbocycles. The number of rotatable bonds is 9. The average molecular weight is 312 g/mol. The molecule has 4 heteroatoms. The predicted octanol–water partition coefficient (Wildman–Crippen LogP) is 3.62. The Morgan fingerprint density at radius 2 is 1.95 bits per heavy atom. The molecule has 1 unspecified atom stereocenters. The van der Waals surface area contributed by atoms with Gasteiger partial charge in [0.2, 0.25) is 0 Å². The van der Waals surface area contributed by atoms with E-state index in [1.807, 2.05) is 6.07 Å². The molecule has 0 bridgehead atoms. The number of nitrogens with zero attached hydrogens (tertiary/aromatic N) is 2. The molecule has 1 aromatic carbocycles. The normalized spacial score (nSPS) is 12.7.